The van der Waals surface area contributed by atoms with Crippen molar-refractivity contribution in [2.24, 2.45) is 13.0 Å². The summed E-state index contributed by atoms with van der Waals surface area (Å²) in [7, 11) is 3.84. The number of nitrogens with zero attached hydrogens (tertiary/aromatic N) is 4. The van der Waals surface area contributed by atoms with Gasteiger partial charge in [0.05, 0.1) is 13.7 Å². The standard InChI is InChI=1S/C21H28N4O/c1-23-12-9-22-19(23)14-25-13-18(15-3-5-17(26-2)6-4-15)21-20(25)16-7-10-24(21)11-8-16/h3-6,9,12,16,18,20-21H,7-8,10-11,13-14H2,1-2H3/t18-,20+,21+/m1/s1. The molecule has 0 aliphatic carbocycles. The van der Waals surface area contributed by atoms with Crippen LogP contribution in [0.3, 0.4) is 0 Å². The number of methoxy groups -OCH3 is 1. The molecule has 0 N–H and O–H groups in total. The van der Waals surface area contributed by atoms with Gasteiger partial charge in [-0.1, -0.05) is 12.1 Å². The third-order valence-corrected chi connectivity index (χ3v) is 6.90. The van der Waals surface area contributed by atoms with E-state index in [2.05, 4.69) is 56.9 Å². The van der Waals surface area contributed by atoms with E-state index in [1.807, 2.05) is 6.20 Å². The summed E-state index contributed by atoms with van der Waals surface area (Å²) in [5.74, 6) is 3.54. The lowest BCUT2D eigenvalue weighted by molar-refractivity contribution is -0.00947. The second-order valence-electron chi connectivity index (χ2n) is 8.12. The summed E-state index contributed by atoms with van der Waals surface area (Å²) in [6.07, 6.45) is 6.68. The molecule has 0 saturated carbocycles. The summed E-state index contributed by atoms with van der Waals surface area (Å²) in [6, 6.07) is 10.1. The summed E-state index contributed by atoms with van der Waals surface area (Å²) < 4.78 is 7.52. The second-order valence-corrected chi connectivity index (χ2v) is 8.12. The quantitative estimate of drug-likeness (QED) is 0.847. The summed E-state index contributed by atoms with van der Waals surface area (Å²) in [5, 5.41) is 0. The van der Waals surface area contributed by atoms with Gasteiger partial charge in [0.25, 0.3) is 0 Å². The molecule has 26 heavy (non-hydrogen) atoms. The Morgan fingerprint density at radius 3 is 2.54 bits per heavy atom. The molecule has 4 aliphatic heterocycles. The molecule has 4 aliphatic rings. The third-order valence-electron chi connectivity index (χ3n) is 6.90. The maximum atomic E-state index is 5.36. The van der Waals surface area contributed by atoms with Crippen LogP contribution in [0, 0.1) is 5.92 Å². The minimum atomic E-state index is 0.578. The monoisotopic (exact) mass is 352 g/mol. The Kier molecular flexibility index (Phi) is 4.02. The van der Waals surface area contributed by atoms with Gasteiger partial charge in [-0.3, -0.25) is 9.80 Å². The van der Waals surface area contributed by atoms with Crippen molar-refractivity contribution in [2.75, 3.05) is 26.7 Å². The molecule has 2 aromatic rings. The minimum Gasteiger partial charge on any atom is -0.497 e. The van der Waals surface area contributed by atoms with Gasteiger partial charge in [0.1, 0.15) is 11.6 Å². The number of fused-ring (bicyclic) bond motifs is 2. The van der Waals surface area contributed by atoms with Crippen molar-refractivity contribution in [3.8, 4) is 5.75 Å². The number of aromatic nitrogens is 2. The molecule has 1 aromatic heterocycles. The zero-order valence-corrected chi connectivity index (χ0v) is 15.7. The van der Waals surface area contributed by atoms with E-state index < -0.39 is 0 Å². The van der Waals surface area contributed by atoms with Crippen LogP contribution < -0.4 is 4.74 Å². The van der Waals surface area contributed by atoms with Crippen LogP contribution in [0.15, 0.2) is 36.7 Å². The number of likely N-dealkylation sites (tertiary alicyclic amines) is 1. The normalized spacial score (nSPS) is 33.4. The van der Waals surface area contributed by atoms with Gasteiger partial charge < -0.3 is 9.30 Å². The van der Waals surface area contributed by atoms with Crippen molar-refractivity contribution in [3.63, 3.8) is 0 Å². The van der Waals surface area contributed by atoms with Gasteiger partial charge in [0.15, 0.2) is 0 Å². The van der Waals surface area contributed by atoms with E-state index in [4.69, 9.17) is 4.74 Å². The van der Waals surface area contributed by atoms with Gasteiger partial charge in [0, 0.05) is 44.0 Å². The fourth-order valence-corrected chi connectivity index (χ4v) is 5.60. The highest BCUT2D eigenvalue weighted by Gasteiger charge is 2.53. The fraction of sp³-hybridized carbons (Fsp3) is 0.571. The molecule has 3 atom stereocenters. The first-order valence-electron chi connectivity index (χ1n) is 9.83. The molecule has 138 valence electrons. The molecule has 5 heteroatoms. The molecule has 1 aromatic carbocycles. The fourth-order valence-electron chi connectivity index (χ4n) is 5.60. The largest absolute Gasteiger partial charge is 0.497 e. The first-order chi connectivity index (χ1) is 12.7. The van der Waals surface area contributed by atoms with Gasteiger partial charge in [-0.2, -0.15) is 0 Å². The summed E-state index contributed by atoms with van der Waals surface area (Å²) in [5.41, 5.74) is 1.45. The van der Waals surface area contributed by atoms with Gasteiger partial charge in [-0.25, -0.2) is 4.98 Å². The smallest absolute Gasteiger partial charge is 0.122 e. The summed E-state index contributed by atoms with van der Waals surface area (Å²) >= 11 is 0. The highest BCUT2D eigenvalue weighted by atomic mass is 16.5. The number of imidazole rings is 1. The van der Waals surface area contributed by atoms with Gasteiger partial charge >= 0.3 is 0 Å². The highest BCUT2D eigenvalue weighted by Crippen LogP contribution is 2.47. The molecule has 6 rings (SSSR count). The van der Waals surface area contributed by atoms with Crippen LogP contribution in [-0.4, -0.2) is 58.2 Å². The molecule has 4 saturated heterocycles. The van der Waals surface area contributed by atoms with E-state index in [-0.39, 0.29) is 0 Å². The number of aryl methyl sites for hydroxylation is 1. The third kappa shape index (κ3) is 2.57. The SMILES string of the molecule is COc1ccc([C@H]2CN(Cc3nccn3C)[C@H]3C4CCN(CC4)[C@@H]23)cc1. The number of hydrogen-bond donors (Lipinski definition) is 0. The Morgan fingerprint density at radius 2 is 1.88 bits per heavy atom. The zero-order valence-electron chi connectivity index (χ0n) is 15.7. The molecular formula is C21H28N4O. The van der Waals surface area contributed by atoms with E-state index in [0.717, 1.165) is 24.8 Å². The number of hydrogen-bond acceptors (Lipinski definition) is 4. The molecule has 0 radical (unpaired) electrons. The van der Waals surface area contributed by atoms with E-state index in [1.54, 1.807) is 7.11 Å². The predicted octanol–water partition coefficient (Wildman–Crippen LogP) is 2.49. The van der Waals surface area contributed by atoms with Gasteiger partial charge in [-0.05, 0) is 49.5 Å². The molecule has 0 amide bonds. The van der Waals surface area contributed by atoms with Crippen LogP contribution in [0.25, 0.3) is 0 Å². The lowest BCUT2D eigenvalue weighted by Crippen LogP contribution is -2.60. The summed E-state index contributed by atoms with van der Waals surface area (Å²) in [6.45, 7) is 4.63. The van der Waals surface area contributed by atoms with E-state index in [9.17, 15) is 0 Å². The Balaban J connectivity index is 1.47. The molecule has 0 spiro atoms. The van der Waals surface area contributed by atoms with Crippen molar-refractivity contribution >= 4 is 0 Å². The molecule has 0 unspecified atom stereocenters. The van der Waals surface area contributed by atoms with Crippen LogP contribution in [0.4, 0.5) is 0 Å². The maximum absolute atomic E-state index is 5.36. The van der Waals surface area contributed by atoms with Crippen molar-refractivity contribution in [1.29, 1.82) is 0 Å². The van der Waals surface area contributed by atoms with Crippen molar-refractivity contribution in [2.45, 2.75) is 37.4 Å². The molecule has 5 heterocycles. The first kappa shape index (κ1) is 16.3. The average molecular weight is 352 g/mol. The van der Waals surface area contributed by atoms with Crippen LogP contribution in [0.2, 0.25) is 0 Å². The highest BCUT2D eigenvalue weighted by molar-refractivity contribution is 5.33. The molecular weight excluding hydrogens is 324 g/mol. The number of rotatable bonds is 4. The van der Waals surface area contributed by atoms with Crippen LogP contribution >= 0.6 is 0 Å². The lowest BCUT2D eigenvalue weighted by atomic mass is 9.75. The van der Waals surface area contributed by atoms with Crippen molar-refractivity contribution < 1.29 is 4.74 Å². The molecule has 2 bridgehead atoms. The molecule has 4 fully saturated rings. The second kappa shape index (κ2) is 6.39. The van der Waals surface area contributed by atoms with Crippen LogP contribution in [-0.2, 0) is 13.6 Å². The van der Waals surface area contributed by atoms with E-state index >= 15 is 0 Å². The number of piperidine rings is 3. The van der Waals surface area contributed by atoms with Crippen LogP contribution in [0.1, 0.15) is 30.1 Å². The Hall–Kier alpha value is -1.85. The summed E-state index contributed by atoms with van der Waals surface area (Å²) in [4.78, 5) is 10.1. The minimum absolute atomic E-state index is 0.578. The van der Waals surface area contributed by atoms with Gasteiger partial charge in [0.2, 0.25) is 0 Å². The Bertz CT molecular complexity index is 763. The van der Waals surface area contributed by atoms with Crippen LogP contribution in [0.5, 0.6) is 5.75 Å². The van der Waals surface area contributed by atoms with Crippen molar-refractivity contribution in [1.82, 2.24) is 19.4 Å². The number of benzene rings is 1. The van der Waals surface area contributed by atoms with E-state index in [1.165, 1.54) is 37.3 Å². The topological polar surface area (TPSA) is 33.5 Å². The van der Waals surface area contributed by atoms with Crippen molar-refractivity contribution in [3.05, 3.63) is 48.0 Å². The van der Waals surface area contributed by atoms with E-state index in [0.29, 0.717) is 18.0 Å². The number of ether oxygens (including phenoxy) is 1. The molecule has 5 nitrogen and oxygen atoms in total. The first-order valence-corrected chi connectivity index (χ1v) is 9.83. The predicted molar refractivity (Wildman–Crippen MR) is 101 cm³/mol. The zero-order chi connectivity index (χ0) is 17.7. The Morgan fingerprint density at radius 1 is 1.12 bits per heavy atom. The average Bonchev–Trinajstić information content (AvgIpc) is 3.28. The lowest BCUT2D eigenvalue weighted by Gasteiger charge is -2.51. The Labute approximate surface area is 155 Å². The maximum Gasteiger partial charge on any atom is 0.122 e. The van der Waals surface area contributed by atoms with Gasteiger partial charge in [-0.15, -0.1) is 0 Å².